The van der Waals surface area contributed by atoms with E-state index in [2.05, 4.69) is 67.9 Å². The van der Waals surface area contributed by atoms with Crippen LogP contribution in [0.4, 0.5) is 0 Å². The average Bonchev–Trinajstić information content (AvgIpc) is 3.16. The van der Waals surface area contributed by atoms with Gasteiger partial charge < -0.3 is 19.9 Å². The van der Waals surface area contributed by atoms with Crippen molar-refractivity contribution in [1.82, 2.24) is 20.1 Å². The average molecular weight is 532 g/mol. The van der Waals surface area contributed by atoms with Crippen LogP contribution >= 0.6 is 35.3 Å². The first-order valence-corrected chi connectivity index (χ1v) is 10.5. The summed E-state index contributed by atoms with van der Waals surface area (Å²) in [6, 6.07) is 10.6. The normalized spacial score (nSPS) is 12.6. The molecule has 162 valence electrons. The lowest BCUT2D eigenvalue weighted by Crippen LogP contribution is -2.39. The Morgan fingerprint density at radius 3 is 2.62 bits per heavy atom. The monoisotopic (exact) mass is 531 g/mol. The summed E-state index contributed by atoms with van der Waals surface area (Å²) in [6.07, 6.45) is 1.09. The van der Waals surface area contributed by atoms with Gasteiger partial charge in [-0.25, -0.2) is 4.98 Å². The van der Waals surface area contributed by atoms with E-state index < -0.39 is 0 Å². The summed E-state index contributed by atoms with van der Waals surface area (Å²) in [7, 11) is 7.73. The summed E-state index contributed by atoms with van der Waals surface area (Å²) in [5.74, 6) is 0.889. The topological polar surface area (TPSA) is 53.0 Å². The number of rotatable bonds is 10. The van der Waals surface area contributed by atoms with Crippen molar-refractivity contribution in [2.45, 2.75) is 32.5 Å². The molecule has 2 rings (SSSR count). The number of aromatic nitrogens is 1. The fourth-order valence-corrected chi connectivity index (χ4v) is 3.75. The van der Waals surface area contributed by atoms with Gasteiger partial charge in [0, 0.05) is 39.7 Å². The molecule has 0 aliphatic carbocycles. The summed E-state index contributed by atoms with van der Waals surface area (Å²) in [5.41, 5.74) is 2.39. The first-order chi connectivity index (χ1) is 13.5. The van der Waals surface area contributed by atoms with Gasteiger partial charge in [-0.15, -0.1) is 35.3 Å². The fourth-order valence-electron chi connectivity index (χ4n) is 2.91. The Bertz CT molecular complexity index is 725. The molecule has 1 unspecified atom stereocenters. The van der Waals surface area contributed by atoms with Gasteiger partial charge in [0.25, 0.3) is 0 Å². The third kappa shape index (κ3) is 8.98. The highest BCUT2D eigenvalue weighted by molar-refractivity contribution is 14.0. The van der Waals surface area contributed by atoms with Gasteiger partial charge >= 0.3 is 0 Å². The number of benzene rings is 1. The highest BCUT2D eigenvalue weighted by atomic mass is 127. The quantitative estimate of drug-likeness (QED) is 0.218. The maximum Gasteiger partial charge on any atom is 0.193 e. The molecule has 0 aliphatic rings. The van der Waals surface area contributed by atoms with Crippen LogP contribution in [-0.4, -0.2) is 62.1 Å². The molecular weight excluding hydrogens is 497 g/mol. The maximum atomic E-state index is 5.34. The zero-order chi connectivity index (χ0) is 20.4. The second kappa shape index (κ2) is 13.9. The van der Waals surface area contributed by atoms with Crippen molar-refractivity contribution in [2.75, 3.05) is 41.3 Å². The van der Waals surface area contributed by atoms with Gasteiger partial charge in [0.1, 0.15) is 11.1 Å². The molecule has 2 aromatic rings. The molecule has 1 aromatic heterocycles. The van der Waals surface area contributed by atoms with Crippen LogP contribution in [0.25, 0.3) is 0 Å². The highest BCUT2D eigenvalue weighted by Crippen LogP contribution is 2.20. The summed E-state index contributed by atoms with van der Waals surface area (Å²) in [6.45, 7) is 5.63. The lowest BCUT2D eigenvalue weighted by atomic mass is 10.2. The van der Waals surface area contributed by atoms with Crippen LogP contribution in [0.1, 0.15) is 35.7 Å². The summed E-state index contributed by atoms with van der Waals surface area (Å²) >= 11 is 1.64. The van der Waals surface area contributed by atoms with Crippen LogP contribution in [0.15, 0.2) is 40.7 Å². The van der Waals surface area contributed by atoms with Gasteiger partial charge in [-0.05, 0) is 32.5 Å². The first-order valence-electron chi connectivity index (χ1n) is 9.64. The Morgan fingerprint density at radius 1 is 1.24 bits per heavy atom. The van der Waals surface area contributed by atoms with Crippen LogP contribution < -0.4 is 5.32 Å². The number of ether oxygens (including phenoxy) is 1. The van der Waals surface area contributed by atoms with E-state index in [9.17, 15) is 0 Å². The Labute approximate surface area is 196 Å². The molecule has 0 fully saturated rings. The van der Waals surface area contributed by atoms with Crippen molar-refractivity contribution in [3.63, 3.8) is 0 Å². The molecule has 0 saturated carbocycles. The summed E-state index contributed by atoms with van der Waals surface area (Å²) < 4.78 is 5.34. The Hall–Kier alpha value is -1.23. The van der Waals surface area contributed by atoms with Crippen molar-refractivity contribution >= 4 is 41.3 Å². The fraction of sp³-hybridized carbons (Fsp3) is 0.524. The Kier molecular flexibility index (Phi) is 12.4. The van der Waals surface area contributed by atoms with Crippen LogP contribution in [0, 0.1) is 0 Å². The molecule has 0 bridgehead atoms. The summed E-state index contributed by atoms with van der Waals surface area (Å²) in [4.78, 5) is 13.5. The number of guanidine groups is 1. The lowest BCUT2D eigenvalue weighted by Gasteiger charge is -2.22. The molecule has 0 spiro atoms. The number of methoxy groups -OCH3 is 1. The lowest BCUT2D eigenvalue weighted by molar-refractivity contribution is 0.119. The number of hydrogen-bond donors (Lipinski definition) is 1. The SMILES string of the molecule is CN=C(NCCCN(C)Cc1ccccc1)N(C)Cc1csc(C(C)OC)n1.I. The van der Waals surface area contributed by atoms with Gasteiger partial charge in [-0.2, -0.15) is 0 Å². The summed E-state index contributed by atoms with van der Waals surface area (Å²) in [5, 5.41) is 6.55. The van der Waals surface area contributed by atoms with Crippen molar-refractivity contribution in [1.29, 1.82) is 0 Å². The molecule has 1 heterocycles. The molecule has 1 N–H and O–H groups in total. The largest absolute Gasteiger partial charge is 0.375 e. The number of nitrogens with one attached hydrogen (secondary N) is 1. The molecule has 0 saturated heterocycles. The van der Waals surface area contributed by atoms with Crippen molar-refractivity contribution in [2.24, 2.45) is 4.99 Å². The van der Waals surface area contributed by atoms with E-state index >= 15 is 0 Å². The Balaban J connectivity index is 0.00000420. The standard InChI is InChI=1S/C21H33N5OS.HI/c1-17(27-5)20-24-19(16-28-20)15-26(4)21(22-2)23-12-9-13-25(3)14-18-10-7-6-8-11-18;/h6-8,10-11,16-17H,9,12-15H2,1-5H3,(H,22,23);1H. The number of aliphatic imine (C=N–C) groups is 1. The number of hydrogen-bond acceptors (Lipinski definition) is 5. The minimum Gasteiger partial charge on any atom is -0.375 e. The Morgan fingerprint density at radius 2 is 1.97 bits per heavy atom. The van der Waals surface area contributed by atoms with Gasteiger partial charge in [-0.1, -0.05) is 30.3 Å². The second-order valence-corrected chi connectivity index (χ2v) is 7.85. The van der Waals surface area contributed by atoms with Gasteiger partial charge in [0.05, 0.1) is 12.2 Å². The van der Waals surface area contributed by atoms with E-state index in [1.165, 1.54) is 5.56 Å². The van der Waals surface area contributed by atoms with Crippen LogP contribution in [0.3, 0.4) is 0 Å². The predicted octanol–water partition coefficient (Wildman–Crippen LogP) is 4.00. The van der Waals surface area contributed by atoms with E-state index in [1.807, 2.05) is 21.0 Å². The van der Waals surface area contributed by atoms with E-state index in [0.29, 0.717) is 0 Å². The molecule has 1 atom stereocenters. The van der Waals surface area contributed by atoms with Crippen molar-refractivity contribution in [3.8, 4) is 0 Å². The third-order valence-electron chi connectivity index (χ3n) is 4.54. The molecule has 8 heteroatoms. The van der Waals surface area contributed by atoms with Crippen LogP contribution in [-0.2, 0) is 17.8 Å². The first kappa shape index (κ1) is 25.8. The minimum absolute atomic E-state index is 0. The molecule has 6 nitrogen and oxygen atoms in total. The van der Waals surface area contributed by atoms with Gasteiger partial charge in [0.2, 0.25) is 0 Å². The molecule has 0 aliphatic heterocycles. The number of nitrogens with zero attached hydrogens (tertiary/aromatic N) is 4. The molecule has 29 heavy (non-hydrogen) atoms. The smallest absolute Gasteiger partial charge is 0.193 e. The highest BCUT2D eigenvalue weighted by Gasteiger charge is 2.12. The molecule has 1 aromatic carbocycles. The number of halogens is 1. The van der Waals surface area contributed by atoms with Crippen LogP contribution in [0.5, 0.6) is 0 Å². The second-order valence-electron chi connectivity index (χ2n) is 6.96. The van der Waals surface area contributed by atoms with Gasteiger partial charge in [-0.3, -0.25) is 4.99 Å². The zero-order valence-electron chi connectivity index (χ0n) is 18.1. The van der Waals surface area contributed by atoms with Crippen LogP contribution in [0.2, 0.25) is 0 Å². The van der Waals surface area contributed by atoms with E-state index in [0.717, 1.165) is 49.3 Å². The zero-order valence-corrected chi connectivity index (χ0v) is 21.2. The molecule has 0 radical (unpaired) electrons. The number of thiazole rings is 1. The van der Waals surface area contributed by atoms with E-state index in [4.69, 9.17) is 4.74 Å². The third-order valence-corrected chi connectivity index (χ3v) is 5.59. The molecule has 0 amide bonds. The maximum absolute atomic E-state index is 5.34. The molecular formula is C21H34IN5OS. The van der Waals surface area contributed by atoms with Crippen molar-refractivity contribution < 1.29 is 4.74 Å². The van der Waals surface area contributed by atoms with Crippen molar-refractivity contribution in [3.05, 3.63) is 52.0 Å². The van der Waals surface area contributed by atoms with Gasteiger partial charge in [0.15, 0.2) is 5.96 Å². The predicted molar refractivity (Wildman–Crippen MR) is 133 cm³/mol. The van der Waals surface area contributed by atoms with E-state index in [-0.39, 0.29) is 30.1 Å². The minimum atomic E-state index is 0. The van der Waals surface area contributed by atoms with E-state index in [1.54, 1.807) is 18.4 Å².